The Kier molecular flexibility index (Phi) is 4.02. The first-order valence-electron chi connectivity index (χ1n) is 8.24. The first kappa shape index (κ1) is 15.2. The van der Waals surface area contributed by atoms with Crippen LogP contribution in [0.2, 0.25) is 0 Å². The van der Waals surface area contributed by atoms with Crippen LogP contribution in [0.4, 0.5) is 10.5 Å². The third kappa shape index (κ3) is 3.93. The number of ether oxygens (including phenoxy) is 1. The number of hydrogen-bond donors (Lipinski definition) is 1. The van der Waals surface area contributed by atoms with Crippen LogP contribution >= 0.6 is 0 Å². The zero-order chi connectivity index (χ0) is 15.7. The van der Waals surface area contributed by atoms with E-state index in [-0.39, 0.29) is 6.09 Å². The molecule has 1 aliphatic heterocycles. The molecule has 1 heterocycles. The summed E-state index contributed by atoms with van der Waals surface area (Å²) in [7, 11) is 0. The van der Waals surface area contributed by atoms with Gasteiger partial charge < -0.3 is 15.0 Å². The molecule has 120 valence electrons. The maximum absolute atomic E-state index is 12.2. The van der Waals surface area contributed by atoms with Gasteiger partial charge in [-0.3, -0.25) is 0 Å². The van der Waals surface area contributed by atoms with Gasteiger partial charge in [0.2, 0.25) is 0 Å². The van der Waals surface area contributed by atoms with Gasteiger partial charge in [-0.15, -0.1) is 0 Å². The Balaban J connectivity index is 1.65. The lowest BCUT2D eigenvalue weighted by atomic mass is 9.99. The highest BCUT2D eigenvalue weighted by Crippen LogP contribution is 2.30. The molecule has 1 N–H and O–H groups in total. The summed E-state index contributed by atoms with van der Waals surface area (Å²) < 4.78 is 5.48. The molecular weight excluding hydrogens is 276 g/mol. The Morgan fingerprint density at radius 3 is 2.77 bits per heavy atom. The van der Waals surface area contributed by atoms with E-state index in [1.807, 2.05) is 20.8 Å². The van der Waals surface area contributed by atoms with E-state index in [1.165, 1.54) is 24.0 Å². The molecule has 0 bridgehead atoms. The molecule has 0 aromatic heterocycles. The van der Waals surface area contributed by atoms with Crippen molar-refractivity contribution in [2.75, 3.05) is 18.4 Å². The molecule has 1 amide bonds. The zero-order valence-electron chi connectivity index (χ0n) is 13.8. The van der Waals surface area contributed by atoms with Crippen LogP contribution in [-0.4, -0.2) is 29.7 Å². The van der Waals surface area contributed by atoms with Crippen molar-refractivity contribution in [3.8, 4) is 0 Å². The lowest BCUT2D eigenvalue weighted by Crippen LogP contribution is -2.39. The number of benzene rings is 1. The van der Waals surface area contributed by atoms with Crippen molar-refractivity contribution in [1.82, 2.24) is 4.90 Å². The molecule has 1 aromatic rings. The SMILES string of the molecule is CC(C)(C)OC(=O)N1CCc2ccc(NCC3CC3)cc2C1. The predicted molar refractivity (Wildman–Crippen MR) is 88.0 cm³/mol. The fourth-order valence-corrected chi connectivity index (χ4v) is 2.73. The highest BCUT2D eigenvalue weighted by Gasteiger charge is 2.26. The van der Waals surface area contributed by atoms with Gasteiger partial charge in [0.25, 0.3) is 0 Å². The summed E-state index contributed by atoms with van der Waals surface area (Å²) in [6, 6.07) is 6.54. The summed E-state index contributed by atoms with van der Waals surface area (Å²) in [5.41, 5.74) is 3.30. The average molecular weight is 302 g/mol. The third-order valence-corrected chi connectivity index (χ3v) is 4.16. The standard InChI is InChI=1S/C18H26N2O2/c1-18(2,3)22-17(21)20-9-8-14-6-7-16(10-15(14)12-20)19-11-13-4-5-13/h6-7,10,13,19H,4-5,8-9,11-12H2,1-3H3. The van der Waals surface area contributed by atoms with Crippen molar-refractivity contribution in [3.05, 3.63) is 29.3 Å². The van der Waals surface area contributed by atoms with Gasteiger partial charge >= 0.3 is 6.09 Å². The molecule has 1 fully saturated rings. The maximum atomic E-state index is 12.2. The molecule has 1 aromatic carbocycles. The van der Waals surface area contributed by atoms with Crippen LogP contribution in [-0.2, 0) is 17.7 Å². The summed E-state index contributed by atoms with van der Waals surface area (Å²) in [5.74, 6) is 0.856. The van der Waals surface area contributed by atoms with Gasteiger partial charge in [0.1, 0.15) is 5.60 Å². The number of nitrogens with zero attached hydrogens (tertiary/aromatic N) is 1. The van der Waals surface area contributed by atoms with E-state index in [4.69, 9.17) is 4.74 Å². The van der Waals surface area contributed by atoms with Crippen molar-refractivity contribution >= 4 is 11.8 Å². The van der Waals surface area contributed by atoms with Gasteiger partial charge in [-0.25, -0.2) is 4.79 Å². The molecular formula is C18H26N2O2. The topological polar surface area (TPSA) is 41.6 Å². The van der Waals surface area contributed by atoms with Crippen LogP contribution < -0.4 is 5.32 Å². The van der Waals surface area contributed by atoms with E-state index in [9.17, 15) is 4.79 Å². The molecule has 1 aliphatic carbocycles. The zero-order valence-corrected chi connectivity index (χ0v) is 13.8. The van der Waals surface area contributed by atoms with Gasteiger partial charge in [-0.05, 0) is 69.2 Å². The minimum absolute atomic E-state index is 0.213. The quantitative estimate of drug-likeness (QED) is 0.923. The molecule has 2 aliphatic rings. The van der Waals surface area contributed by atoms with Gasteiger partial charge in [0.15, 0.2) is 0 Å². The molecule has 0 unspecified atom stereocenters. The summed E-state index contributed by atoms with van der Waals surface area (Å²) in [5, 5.41) is 3.50. The van der Waals surface area contributed by atoms with Gasteiger partial charge in [-0.2, -0.15) is 0 Å². The lowest BCUT2D eigenvalue weighted by molar-refractivity contribution is 0.0224. The number of rotatable bonds is 3. The summed E-state index contributed by atoms with van der Waals surface area (Å²) >= 11 is 0. The predicted octanol–water partition coefficient (Wildman–Crippen LogP) is 3.80. The van der Waals surface area contributed by atoms with Crippen LogP contribution in [0.5, 0.6) is 0 Å². The van der Waals surface area contributed by atoms with Crippen LogP contribution in [0.1, 0.15) is 44.7 Å². The number of fused-ring (bicyclic) bond motifs is 1. The maximum Gasteiger partial charge on any atom is 0.410 e. The fourth-order valence-electron chi connectivity index (χ4n) is 2.73. The fraction of sp³-hybridized carbons (Fsp3) is 0.611. The largest absolute Gasteiger partial charge is 0.444 e. The molecule has 4 nitrogen and oxygen atoms in total. The number of carbonyl (C=O) groups excluding carboxylic acids is 1. The highest BCUT2D eigenvalue weighted by molar-refractivity contribution is 5.69. The number of hydrogen-bond acceptors (Lipinski definition) is 3. The van der Waals surface area contributed by atoms with Crippen LogP contribution in [0, 0.1) is 5.92 Å². The molecule has 0 saturated heterocycles. The van der Waals surface area contributed by atoms with E-state index in [1.54, 1.807) is 4.90 Å². The van der Waals surface area contributed by atoms with Crippen molar-refractivity contribution in [1.29, 1.82) is 0 Å². The van der Waals surface area contributed by atoms with Crippen molar-refractivity contribution in [2.24, 2.45) is 5.92 Å². The second-order valence-electron chi connectivity index (χ2n) is 7.46. The Hall–Kier alpha value is -1.71. The molecule has 4 heteroatoms. The van der Waals surface area contributed by atoms with Crippen LogP contribution in [0.25, 0.3) is 0 Å². The Labute approximate surface area is 132 Å². The van der Waals surface area contributed by atoms with Crippen molar-refractivity contribution < 1.29 is 9.53 Å². The first-order valence-corrected chi connectivity index (χ1v) is 8.24. The normalized spacial score (nSPS) is 17.9. The van der Waals surface area contributed by atoms with E-state index in [0.717, 1.165) is 31.1 Å². The van der Waals surface area contributed by atoms with E-state index in [2.05, 4.69) is 23.5 Å². The van der Waals surface area contributed by atoms with Crippen LogP contribution in [0.3, 0.4) is 0 Å². The van der Waals surface area contributed by atoms with Gasteiger partial charge in [0, 0.05) is 25.3 Å². The molecule has 22 heavy (non-hydrogen) atoms. The van der Waals surface area contributed by atoms with E-state index >= 15 is 0 Å². The molecule has 0 radical (unpaired) electrons. The van der Waals surface area contributed by atoms with Crippen molar-refractivity contribution in [2.45, 2.75) is 52.2 Å². The summed E-state index contributed by atoms with van der Waals surface area (Å²) in [6.45, 7) is 8.16. The number of amides is 1. The van der Waals surface area contributed by atoms with Crippen molar-refractivity contribution in [3.63, 3.8) is 0 Å². The highest BCUT2D eigenvalue weighted by atomic mass is 16.6. The van der Waals surface area contributed by atoms with E-state index < -0.39 is 5.60 Å². The second kappa shape index (κ2) is 5.82. The Morgan fingerprint density at radius 1 is 1.32 bits per heavy atom. The smallest absolute Gasteiger partial charge is 0.410 e. The Morgan fingerprint density at radius 2 is 2.09 bits per heavy atom. The minimum Gasteiger partial charge on any atom is -0.444 e. The third-order valence-electron chi connectivity index (χ3n) is 4.16. The molecule has 3 rings (SSSR count). The number of nitrogens with one attached hydrogen (secondary N) is 1. The second-order valence-corrected chi connectivity index (χ2v) is 7.46. The monoisotopic (exact) mass is 302 g/mol. The molecule has 1 saturated carbocycles. The minimum atomic E-state index is -0.439. The van der Waals surface area contributed by atoms with E-state index in [0.29, 0.717) is 6.54 Å². The number of anilines is 1. The summed E-state index contributed by atoms with van der Waals surface area (Å²) in [6.07, 6.45) is 3.39. The number of carbonyl (C=O) groups is 1. The molecule has 0 spiro atoms. The van der Waals surface area contributed by atoms with Gasteiger partial charge in [0.05, 0.1) is 0 Å². The average Bonchev–Trinajstić information content (AvgIpc) is 3.26. The lowest BCUT2D eigenvalue weighted by Gasteiger charge is -2.31. The Bertz CT molecular complexity index is 559. The first-order chi connectivity index (χ1) is 10.4. The van der Waals surface area contributed by atoms with Gasteiger partial charge in [-0.1, -0.05) is 6.07 Å². The molecule has 0 atom stereocenters. The summed E-state index contributed by atoms with van der Waals surface area (Å²) in [4.78, 5) is 14.0. The van der Waals surface area contributed by atoms with Crippen LogP contribution in [0.15, 0.2) is 18.2 Å².